The number of hydrogen-bond acceptors (Lipinski definition) is 3. The fourth-order valence-corrected chi connectivity index (χ4v) is 2.23. The number of amides is 1. The summed E-state index contributed by atoms with van der Waals surface area (Å²) in [6, 6.07) is 6.16. The molecule has 0 heterocycles. The molecular formula is C14H20N2O2. The van der Waals surface area contributed by atoms with E-state index >= 15 is 0 Å². The van der Waals surface area contributed by atoms with E-state index in [0.29, 0.717) is 0 Å². The minimum Gasteiger partial charge on any atom is -0.484 e. The van der Waals surface area contributed by atoms with Gasteiger partial charge in [0.05, 0.1) is 0 Å². The van der Waals surface area contributed by atoms with E-state index in [4.69, 9.17) is 10.5 Å². The summed E-state index contributed by atoms with van der Waals surface area (Å²) in [5.74, 6) is 0.643. The Morgan fingerprint density at radius 3 is 3.06 bits per heavy atom. The van der Waals surface area contributed by atoms with Crippen molar-refractivity contribution < 1.29 is 9.53 Å². The third-order valence-electron chi connectivity index (χ3n) is 3.06. The second-order valence-electron chi connectivity index (χ2n) is 5.02. The highest BCUT2D eigenvalue weighted by Gasteiger charge is 2.19. The summed E-state index contributed by atoms with van der Waals surface area (Å²) in [7, 11) is 0. The molecule has 1 unspecified atom stereocenters. The van der Waals surface area contributed by atoms with Crippen molar-refractivity contribution in [2.75, 3.05) is 6.61 Å². The van der Waals surface area contributed by atoms with E-state index in [0.717, 1.165) is 18.6 Å². The van der Waals surface area contributed by atoms with Crippen LogP contribution < -0.4 is 15.8 Å². The Bertz CT molecular complexity index is 443. The largest absolute Gasteiger partial charge is 0.484 e. The summed E-state index contributed by atoms with van der Waals surface area (Å²) in [5.41, 5.74) is 8.41. The predicted molar refractivity (Wildman–Crippen MR) is 70.5 cm³/mol. The third-order valence-corrected chi connectivity index (χ3v) is 3.06. The van der Waals surface area contributed by atoms with Crippen molar-refractivity contribution in [1.82, 2.24) is 5.32 Å². The SMILES string of the molecule is CC(C)NC(=O)COc1ccc2c(c1)CCC2N. The fourth-order valence-electron chi connectivity index (χ4n) is 2.23. The molecule has 1 amide bonds. The third kappa shape index (κ3) is 3.01. The molecule has 0 aliphatic heterocycles. The topological polar surface area (TPSA) is 64.3 Å². The number of hydrogen-bond donors (Lipinski definition) is 2. The van der Waals surface area contributed by atoms with Crippen LogP contribution in [0.3, 0.4) is 0 Å². The van der Waals surface area contributed by atoms with E-state index in [1.165, 1.54) is 11.1 Å². The highest BCUT2D eigenvalue weighted by atomic mass is 16.5. The molecule has 1 aromatic carbocycles. The van der Waals surface area contributed by atoms with E-state index in [1.54, 1.807) is 0 Å². The highest BCUT2D eigenvalue weighted by Crippen LogP contribution is 2.31. The van der Waals surface area contributed by atoms with Gasteiger partial charge in [0, 0.05) is 12.1 Å². The van der Waals surface area contributed by atoms with Crippen LogP contribution in [0.1, 0.15) is 37.4 Å². The minimum absolute atomic E-state index is 0.0586. The van der Waals surface area contributed by atoms with Crippen molar-refractivity contribution in [3.8, 4) is 5.75 Å². The van der Waals surface area contributed by atoms with Gasteiger partial charge in [-0.3, -0.25) is 4.79 Å². The zero-order chi connectivity index (χ0) is 13.1. The second kappa shape index (κ2) is 5.40. The Morgan fingerprint density at radius 2 is 2.33 bits per heavy atom. The molecule has 0 radical (unpaired) electrons. The highest BCUT2D eigenvalue weighted by molar-refractivity contribution is 5.77. The van der Waals surface area contributed by atoms with E-state index < -0.39 is 0 Å². The van der Waals surface area contributed by atoms with Crippen LogP contribution in [0.4, 0.5) is 0 Å². The normalized spacial score (nSPS) is 17.7. The number of nitrogens with two attached hydrogens (primary N) is 1. The zero-order valence-electron chi connectivity index (χ0n) is 10.9. The Labute approximate surface area is 108 Å². The number of fused-ring (bicyclic) bond motifs is 1. The monoisotopic (exact) mass is 248 g/mol. The van der Waals surface area contributed by atoms with Crippen molar-refractivity contribution in [2.24, 2.45) is 5.73 Å². The lowest BCUT2D eigenvalue weighted by atomic mass is 10.1. The van der Waals surface area contributed by atoms with Crippen LogP contribution in [-0.2, 0) is 11.2 Å². The second-order valence-corrected chi connectivity index (χ2v) is 5.02. The van der Waals surface area contributed by atoms with Gasteiger partial charge >= 0.3 is 0 Å². The Hall–Kier alpha value is -1.55. The van der Waals surface area contributed by atoms with Crippen LogP contribution in [0.25, 0.3) is 0 Å². The average molecular weight is 248 g/mol. The number of nitrogens with one attached hydrogen (secondary N) is 1. The van der Waals surface area contributed by atoms with Crippen LogP contribution in [0.15, 0.2) is 18.2 Å². The quantitative estimate of drug-likeness (QED) is 0.849. The smallest absolute Gasteiger partial charge is 0.258 e. The summed E-state index contributed by atoms with van der Waals surface area (Å²) in [6.07, 6.45) is 1.98. The molecule has 18 heavy (non-hydrogen) atoms. The average Bonchev–Trinajstić information content (AvgIpc) is 2.67. The van der Waals surface area contributed by atoms with Crippen LogP contribution in [0, 0.1) is 0 Å². The molecule has 0 aromatic heterocycles. The molecule has 3 N–H and O–H groups in total. The maximum atomic E-state index is 11.5. The van der Waals surface area contributed by atoms with Crippen molar-refractivity contribution in [3.05, 3.63) is 29.3 Å². The fraction of sp³-hybridized carbons (Fsp3) is 0.500. The molecule has 4 nitrogen and oxygen atoms in total. The molecule has 0 saturated carbocycles. The minimum atomic E-state index is -0.0952. The molecule has 0 saturated heterocycles. The lowest BCUT2D eigenvalue weighted by Crippen LogP contribution is -2.34. The summed E-state index contributed by atoms with van der Waals surface area (Å²) in [6.45, 7) is 3.91. The molecule has 0 spiro atoms. The zero-order valence-corrected chi connectivity index (χ0v) is 10.9. The van der Waals surface area contributed by atoms with Gasteiger partial charge in [-0.2, -0.15) is 0 Å². The van der Waals surface area contributed by atoms with E-state index in [2.05, 4.69) is 5.32 Å². The van der Waals surface area contributed by atoms with Gasteiger partial charge in [-0.05, 0) is 49.9 Å². The predicted octanol–water partition coefficient (Wildman–Crippen LogP) is 1.54. The number of rotatable bonds is 4. The number of benzene rings is 1. The van der Waals surface area contributed by atoms with Gasteiger partial charge in [-0.15, -0.1) is 0 Å². The number of carbonyl (C=O) groups excluding carboxylic acids is 1. The van der Waals surface area contributed by atoms with Crippen molar-refractivity contribution in [3.63, 3.8) is 0 Å². The van der Waals surface area contributed by atoms with E-state index in [9.17, 15) is 4.79 Å². The van der Waals surface area contributed by atoms with Crippen LogP contribution in [0.5, 0.6) is 5.75 Å². The molecule has 1 aliphatic carbocycles. The maximum absolute atomic E-state index is 11.5. The Morgan fingerprint density at radius 1 is 1.56 bits per heavy atom. The first-order valence-corrected chi connectivity index (χ1v) is 6.37. The van der Waals surface area contributed by atoms with Crippen molar-refractivity contribution in [1.29, 1.82) is 0 Å². The summed E-state index contributed by atoms with van der Waals surface area (Å²) >= 11 is 0. The van der Waals surface area contributed by atoms with Gasteiger partial charge in [0.15, 0.2) is 6.61 Å². The molecule has 98 valence electrons. The van der Waals surface area contributed by atoms with Gasteiger partial charge in [0.1, 0.15) is 5.75 Å². The molecule has 1 aromatic rings. The number of aryl methyl sites for hydroxylation is 1. The molecule has 0 fully saturated rings. The Balaban J connectivity index is 1.93. The van der Waals surface area contributed by atoms with Crippen LogP contribution in [-0.4, -0.2) is 18.6 Å². The molecule has 1 aliphatic rings. The lowest BCUT2D eigenvalue weighted by Gasteiger charge is -2.11. The number of ether oxygens (including phenoxy) is 1. The standard InChI is InChI=1S/C14H20N2O2/c1-9(2)16-14(17)8-18-11-4-5-12-10(7-11)3-6-13(12)15/h4-5,7,9,13H,3,6,8,15H2,1-2H3,(H,16,17). The van der Waals surface area contributed by atoms with Gasteiger partial charge < -0.3 is 15.8 Å². The lowest BCUT2D eigenvalue weighted by molar-refractivity contribution is -0.123. The summed E-state index contributed by atoms with van der Waals surface area (Å²) in [5, 5.41) is 2.79. The van der Waals surface area contributed by atoms with Crippen molar-refractivity contribution >= 4 is 5.91 Å². The first kappa shape index (κ1) is 12.9. The van der Waals surface area contributed by atoms with Crippen molar-refractivity contribution in [2.45, 2.75) is 38.8 Å². The van der Waals surface area contributed by atoms with Crippen LogP contribution in [0.2, 0.25) is 0 Å². The van der Waals surface area contributed by atoms with Crippen LogP contribution >= 0.6 is 0 Å². The molecule has 2 rings (SSSR count). The molecule has 1 atom stereocenters. The maximum Gasteiger partial charge on any atom is 0.258 e. The van der Waals surface area contributed by atoms with E-state index in [1.807, 2.05) is 32.0 Å². The first-order chi connectivity index (χ1) is 8.56. The van der Waals surface area contributed by atoms with E-state index in [-0.39, 0.29) is 24.6 Å². The first-order valence-electron chi connectivity index (χ1n) is 6.37. The number of carbonyl (C=O) groups is 1. The molecular weight excluding hydrogens is 228 g/mol. The van der Waals surface area contributed by atoms with Gasteiger partial charge in [-0.25, -0.2) is 0 Å². The van der Waals surface area contributed by atoms with Gasteiger partial charge in [0.2, 0.25) is 0 Å². The molecule has 4 heteroatoms. The summed E-state index contributed by atoms with van der Waals surface area (Å²) in [4.78, 5) is 11.5. The van der Waals surface area contributed by atoms with Gasteiger partial charge in [0.25, 0.3) is 5.91 Å². The Kier molecular flexibility index (Phi) is 3.87. The molecule has 0 bridgehead atoms. The summed E-state index contributed by atoms with van der Waals surface area (Å²) < 4.78 is 5.48. The van der Waals surface area contributed by atoms with Gasteiger partial charge in [-0.1, -0.05) is 6.07 Å².